The van der Waals surface area contributed by atoms with Crippen molar-refractivity contribution in [2.45, 2.75) is 31.5 Å². The Morgan fingerprint density at radius 1 is 1.39 bits per heavy atom. The highest BCUT2D eigenvalue weighted by atomic mass is 19.4. The first-order chi connectivity index (χ1) is 8.27. The van der Waals surface area contributed by atoms with Crippen molar-refractivity contribution in [1.29, 1.82) is 0 Å². The Bertz CT molecular complexity index is 493. The van der Waals surface area contributed by atoms with Gasteiger partial charge in [0.25, 0.3) is 5.91 Å². The van der Waals surface area contributed by atoms with Gasteiger partial charge in [0.1, 0.15) is 5.54 Å². The molecule has 1 aliphatic carbocycles. The van der Waals surface area contributed by atoms with Gasteiger partial charge in [-0.25, -0.2) is 0 Å². The monoisotopic (exact) mass is 258 g/mol. The predicted octanol–water partition coefficient (Wildman–Crippen LogP) is 2.40. The third kappa shape index (κ3) is 2.02. The molecule has 0 spiro atoms. The number of carbonyl (C=O) groups is 1. The minimum absolute atomic E-state index is 0.0754. The molecule has 0 aromatic heterocycles. The van der Waals surface area contributed by atoms with Crippen LogP contribution in [-0.4, -0.2) is 17.6 Å². The molecule has 1 aromatic carbocycles. The Morgan fingerprint density at radius 3 is 2.50 bits per heavy atom. The molecule has 0 saturated heterocycles. The number of nitrogens with two attached hydrogens (primary N) is 1. The fraction of sp³-hybridized carbons (Fsp3) is 0.417. The van der Waals surface area contributed by atoms with Crippen molar-refractivity contribution in [3.63, 3.8) is 0 Å². The SMILES string of the molecule is Cc1cccc(C(=O)NC2(C(F)(F)F)CC2)c1N. The topological polar surface area (TPSA) is 55.1 Å². The Morgan fingerprint density at radius 2 is 2.00 bits per heavy atom. The average molecular weight is 258 g/mol. The van der Waals surface area contributed by atoms with E-state index in [1.54, 1.807) is 19.1 Å². The fourth-order valence-corrected chi connectivity index (χ4v) is 1.77. The van der Waals surface area contributed by atoms with Crippen LogP contribution < -0.4 is 11.1 Å². The summed E-state index contributed by atoms with van der Waals surface area (Å²) in [6.45, 7) is 1.70. The lowest BCUT2D eigenvalue weighted by molar-refractivity contribution is -0.163. The molecule has 1 saturated carbocycles. The molecule has 0 radical (unpaired) electrons. The van der Waals surface area contributed by atoms with Crippen molar-refractivity contribution < 1.29 is 18.0 Å². The van der Waals surface area contributed by atoms with Gasteiger partial charge in [0, 0.05) is 5.69 Å². The van der Waals surface area contributed by atoms with E-state index < -0.39 is 17.6 Å². The van der Waals surface area contributed by atoms with E-state index in [0.29, 0.717) is 5.56 Å². The second kappa shape index (κ2) is 3.90. The lowest BCUT2D eigenvalue weighted by Crippen LogP contribution is -2.48. The minimum Gasteiger partial charge on any atom is -0.398 e. The van der Waals surface area contributed by atoms with Crippen LogP contribution in [0.15, 0.2) is 18.2 Å². The van der Waals surface area contributed by atoms with Crippen LogP contribution in [0.2, 0.25) is 0 Å². The largest absolute Gasteiger partial charge is 0.411 e. The van der Waals surface area contributed by atoms with Crippen LogP contribution in [0.25, 0.3) is 0 Å². The molecule has 3 nitrogen and oxygen atoms in total. The number of carbonyl (C=O) groups excluding carboxylic acids is 1. The number of alkyl halides is 3. The summed E-state index contributed by atoms with van der Waals surface area (Å²) in [6, 6.07) is 4.71. The molecule has 0 heterocycles. The zero-order chi connectivity index (χ0) is 13.6. The summed E-state index contributed by atoms with van der Waals surface area (Å²) in [7, 11) is 0. The fourth-order valence-electron chi connectivity index (χ4n) is 1.77. The quantitative estimate of drug-likeness (QED) is 0.800. The Balaban J connectivity index is 2.21. The molecule has 6 heteroatoms. The van der Waals surface area contributed by atoms with Gasteiger partial charge >= 0.3 is 6.18 Å². The van der Waals surface area contributed by atoms with E-state index in [1.165, 1.54) is 6.07 Å². The predicted molar refractivity (Wildman–Crippen MR) is 61.1 cm³/mol. The van der Waals surface area contributed by atoms with Gasteiger partial charge < -0.3 is 11.1 Å². The highest BCUT2D eigenvalue weighted by molar-refractivity contribution is 6.00. The van der Waals surface area contributed by atoms with Gasteiger partial charge in [-0.2, -0.15) is 13.2 Å². The number of amides is 1. The van der Waals surface area contributed by atoms with Crippen LogP contribution in [0.3, 0.4) is 0 Å². The molecule has 0 atom stereocenters. The van der Waals surface area contributed by atoms with Crippen molar-refractivity contribution in [2.75, 3.05) is 5.73 Å². The van der Waals surface area contributed by atoms with Gasteiger partial charge in [-0.15, -0.1) is 0 Å². The molecule has 98 valence electrons. The molecule has 1 amide bonds. The summed E-state index contributed by atoms with van der Waals surface area (Å²) >= 11 is 0. The van der Waals surface area contributed by atoms with Crippen molar-refractivity contribution in [3.8, 4) is 0 Å². The van der Waals surface area contributed by atoms with Gasteiger partial charge in [0.15, 0.2) is 0 Å². The molecule has 0 unspecified atom stereocenters. The number of halogens is 3. The number of para-hydroxylation sites is 1. The van der Waals surface area contributed by atoms with Crippen molar-refractivity contribution in [1.82, 2.24) is 5.32 Å². The van der Waals surface area contributed by atoms with Gasteiger partial charge in [-0.3, -0.25) is 4.79 Å². The first-order valence-electron chi connectivity index (χ1n) is 5.51. The van der Waals surface area contributed by atoms with E-state index in [0.717, 1.165) is 0 Å². The summed E-state index contributed by atoms with van der Waals surface area (Å²) in [5, 5.41) is 2.05. The second-order valence-corrected chi connectivity index (χ2v) is 4.57. The molecular weight excluding hydrogens is 245 g/mol. The number of anilines is 1. The minimum atomic E-state index is -4.42. The Hall–Kier alpha value is -1.72. The van der Waals surface area contributed by atoms with Crippen LogP contribution >= 0.6 is 0 Å². The van der Waals surface area contributed by atoms with E-state index >= 15 is 0 Å². The lowest BCUT2D eigenvalue weighted by atomic mass is 10.1. The van der Waals surface area contributed by atoms with Crippen LogP contribution in [0.5, 0.6) is 0 Å². The first-order valence-corrected chi connectivity index (χ1v) is 5.51. The molecular formula is C12H13F3N2O. The summed E-state index contributed by atoms with van der Waals surface area (Å²) in [5.41, 5.74) is 4.60. The number of benzene rings is 1. The van der Waals surface area contributed by atoms with E-state index in [2.05, 4.69) is 0 Å². The van der Waals surface area contributed by atoms with E-state index in [9.17, 15) is 18.0 Å². The van der Waals surface area contributed by atoms with E-state index in [-0.39, 0.29) is 24.1 Å². The highest BCUT2D eigenvalue weighted by Crippen LogP contribution is 2.49. The van der Waals surface area contributed by atoms with Crippen LogP contribution in [0.4, 0.5) is 18.9 Å². The van der Waals surface area contributed by atoms with Gasteiger partial charge in [-0.1, -0.05) is 12.1 Å². The average Bonchev–Trinajstić information content (AvgIpc) is 3.02. The van der Waals surface area contributed by atoms with Crippen molar-refractivity contribution in [2.24, 2.45) is 0 Å². The maximum Gasteiger partial charge on any atom is 0.411 e. The molecule has 1 aliphatic rings. The van der Waals surface area contributed by atoms with Gasteiger partial charge in [0.2, 0.25) is 0 Å². The molecule has 3 N–H and O–H groups in total. The summed E-state index contributed by atoms with van der Waals surface area (Å²) in [6.07, 6.45) is -4.57. The Labute approximate surface area is 102 Å². The van der Waals surface area contributed by atoms with Crippen molar-refractivity contribution in [3.05, 3.63) is 29.3 Å². The third-order valence-electron chi connectivity index (χ3n) is 3.21. The van der Waals surface area contributed by atoms with Gasteiger partial charge in [-0.05, 0) is 31.4 Å². The highest BCUT2D eigenvalue weighted by Gasteiger charge is 2.64. The number of nitrogen functional groups attached to an aromatic ring is 1. The molecule has 1 fully saturated rings. The normalized spacial score (nSPS) is 17.3. The van der Waals surface area contributed by atoms with Crippen LogP contribution in [-0.2, 0) is 0 Å². The third-order valence-corrected chi connectivity index (χ3v) is 3.21. The molecule has 2 rings (SSSR count). The number of nitrogens with one attached hydrogen (secondary N) is 1. The standard InChI is InChI=1S/C12H13F3N2O/c1-7-3-2-4-8(9(7)16)10(18)17-11(5-6-11)12(13,14)15/h2-4H,5-6,16H2,1H3,(H,17,18). The zero-order valence-electron chi connectivity index (χ0n) is 9.77. The van der Waals surface area contributed by atoms with Gasteiger partial charge in [0.05, 0.1) is 5.56 Å². The zero-order valence-corrected chi connectivity index (χ0v) is 9.77. The maximum absolute atomic E-state index is 12.7. The van der Waals surface area contributed by atoms with Crippen LogP contribution in [0, 0.1) is 6.92 Å². The smallest absolute Gasteiger partial charge is 0.398 e. The summed E-state index contributed by atoms with van der Waals surface area (Å²) in [5.74, 6) is -0.772. The van der Waals surface area contributed by atoms with E-state index in [4.69, 9.17) is 5.73 Å². The molecule has 0 aliphatic heterocycles. The second-order valence-electron chi connectivity index (χ2n) is 4.57. The van der Waals surface area contributed by atoms with Crippen LogP contribution in [0.1, 0.15) is 28.8 Å². The first kappa shape index (κ1) is 12.7. The summed E-state index contributed by atoms with van der Waals surface area (Å²) < 4.78 is 38.1. The maximum atomic E-state index is 12.7. The molecule has 0 bridgehead atoms. The number of rotatable bonds is 2. The Kier molecular flexibility index (Phi) is 2.76. The number of hydrogen-bond acceptors (Lipinski definition) is 2. The number of aryl methyl sites for hydroxylation is 1. The van der Waals surface area contributed by atoms with Crippen molar-refractivity contribution >= 4 is 11.6 Å². The lowest BCUT2D eigenvalue weighted by Gasteiger charge is -2.21. The molecule has 1 aromatic rings. The molecule has 18 heavy (non-hydrogen) atoms. The summed E-state index contributed by atoms with van der Waals surface area (Å²) in [4.78, 5) is 11.8. The van der Waals surface area contributed by atoms with E-state index in [1.807, 2.05) is 5.32 Å². The number of hydrogen-bond donors (Lipinski definition) is 2.